The SMILES string of the molecule is CC(C)Oc1cc(OCC(F)(F)F)c(N)cc1F. The molecule has 0 aliphatic carbocycles. The van der Waals surface area contributed by atoms with Crippen LogP contribution in [0.2, 0.25) is 0 Å². The standard InChI is InChI=1S/C11H13F4NO2/c1-6(2)18-9-4-10(8(16)3-7(9)12)17-5-11(13,14)15/h3-4,6H,5,16H2,1-2H3. The van der Waals surface area contributed by atoms with Crippen LogP contribution in [0.25, 0.3) is 0 Å². The van der Waals surface area contributed by atoms with E-state index in [2.05, 4.69) is 4.74 Å². The summed E-state index contributed by atoms with van der Waals surface area (Å²) >= 11 is 0. The van der Waals surface area contributed by atoms with Crippen molar-refractivity contribution in [3.63, 3.8) is 0 Å². The molecule has 0 heterocycles. The molecule has 0 radical (unpaired) electrons. The van der Waals surface area contributed by atoms with Crippen molar-refractivity contribution in [2.45, 2.75) is 26.1 Å². The second-order valence-electron chi connectivity index (χ2n) is 3.89. The van der Waals surface area contributed by atoms with E-state index in [4.69, 9.17) is 10.5 Å². The van der Waals surface area contributed by atoms with Gasteiger partial charge >= 0.3 is 6.18 Å². The molecule has 1 aromatic carbocycles. The molecule has 0 fully saturated rings. The fourth-order valence-electron chi connectivity index (χ4n) is 1.18. The summed E-state index contributed by atoms with van der Waals surface area (Å²) in [6.07, 6.45) is -4.81. The molecule has 0 aromatic heterocycles. The maximum Gasteiger partial charge on any atom is 0.422 e. The Kier molecular flexibility index (Phi) is 4.26. The summed E-state index contributed by atoms with van der Waals surface area (Å²) in [6, 6.07) is 1.87. The fourth-order valence-corrected chi connectivity index (χ4v) is 1.18. The van der Waals surface area contributed by atoms with Crippen molar-refractivity contribution < 1.29 is 27.0 Å². The van der Waals surface area contributed by atoms with Gasteiger partial charge in [-0.3, -0.25) is 0 Å². The Balaban J connectivity index is 2.91. The monoisotopic (exact) mass is 267 g/mol. The number of hydrogen-bond donors (Lipinski definition) is 1. The zero-order valence-corrected chi connectivity index (χ0v) is 9.84. The van der Waals surface area contributed by atoms with E-state index in [9.17, 15) is 17.6 Å². The number of rotatable bonds is 4. The second-order valence-corrected chi connectivity index (χ2v) is 3.89. The zero-order valence-electron chi connectivity index (χ0n) is 9.84. The van der Waals surface area contributed by atoms with Gasteiger partial charge in [0.2, 0.25) is 0 Å². The van der Waals surface area contributed by atoms with E-state index in [0.29, 0.717) is 0 Å². The third-order valence-corrected chi connectivity index (χ3v) is 1.82. The summed E-state index contributed by atoms with van der Waals surface area (Å²) in [4.78, 5) is 0. The van der Waals surface area contributed by atoms with Crippen LogP contribution in [0.1, 0.15) is 13.8 Å². The van der Waals surface area contributed by atoms with Crippen LogP contribution in [0.3, 0.4) is 0 Å². The molecule has 1 aromatic rings. The van der Waals surface area contributed by atoms with Crippen molar-refractivity contribution in [3.05, 3.63) is 17.9 Å². The van der Waals surface area contributed by atoms with Crippen LogP contribution in [-0.2, 0) is 0 Å². The molecule has 0 saturated carbocycles. The average Bonchev–Trinajstić information content (AvgIpc) is 2.18. The molecule has 0 saturated heterocycles. The van der Waals surface area contributed by atoms with Gasteiger partial charge in [0, 0.05) is 12.1 Å². The molecule has 0 atom stereocenters. The summed E-state index contributed by atoms with van der Waals surface area (Å²) in [5, 5.41) is 0. The van der Waals surface area contributed by atoms with E-state index in [-0.39, 0.29) is 23.3 Å². The van der Waals surface area contributed by atoms with Crippen LogP contribution in [0.5, 0.6) is 11.5 Å². The molecule has 0 amide bonds. The van der Waals surface area contributed by atoms with Crippen LogP contribution < -0.4 is 15.2 Å². The molecule has 18 heavy (non-hydrogen) atoms. The van der Waals surface area contributed by atoms with Gasteiger partial charge in [-0.15, -0.1) is 0 Å². The van der Waals surface area contributed by atoms with Crippen LogP contribution in [0.4, 0.5) is 23.2 Å². The molecule has 0 spiro atoms. The molecule has 1 rings (SSSR count). The highest BCUT2D eigenvalue weighted by atomic mass is 19.4. The smallest absolute Gasteiger partial charge is 0.422 e. The first kappa shape index (κ1) is 14.4. The first-order valence-electron chi connectivity index (χ1n) is 5.14. The summed E-state index contributed by atoms with van der Waals surface area (Å²) in [7, 11) is 0. The van der Waals surface area contributed by atoms with Crippen molar-refractivity contribution in [3.8, 4) is 11.5 Å². The molecule has 3 nitrogen and oxygen atoms in total. The van der Waals surface area contributed by atoms with Gasteiger partial charge in [0.05, 0.1) is 11.8 Å². The van der Waals surface area contributed by atoms with Crippen molar-refractivity contribution in [2.24, 2.45) is 0 Å². The minimum absolute atomic E-state index is 0.198. The highest BCUT2D eigenvalue weighted by Gasteiger charge is 2.29. The molecular formula is C11H13F4NO2. The Bertz CT molecular complexity index is 418. The third kappa shape index (κ3) is 4.31. The van der Waals surface area contributed by atoms with Gasteiger partial charge in [-0.2, -0.15) is 13.2 Å². The van der Waals surface area contributed by atoms with E-state index in [0.717, 1.165) is 12.1 Å². The van der Waals surface area contributed by atoms with Crippen molar-refractivity contribution in [1.82, 2.24) is 0 Å². The molecule has 2 N–H and O–H groups in total. The van der Waals surface area contributed by atoms with E-state index in [1.165, 1.54) is 0 Å². The zero-order chi connectivity index (χ0) is 13.9. The van der Waals surface area contributed by atoms with E-state index < -0.39 is 18.6 Å². The molecule has 102 valence electrons. The lowest BCUT2D eigenvalue weighted by Gasteiger charge is -2.15. The van der Waals surface area contributed by atoms with Crippen LogP contribution >= 0.6 is 0 Å². The second kappa shape index (κ2) is 5.32. The largest absolute Gasteiger partial charge is 0.488 e. The van der Waals surface area contributed by atoms with Crippen LogP contribution in [0, 0.1) is 5.82 Å². The maximum atomic E-state index is 13.4. The number of alkyl halides is 3. The Morgan fingerprint density at radius 1 is 1.22 bits per heavy atom. The first-order chi connectivity index (χ1) is 8.19. The molecular weight excluding hydrogens is 254 g/mol. The first-order valence-corrected chi connectivity index (χ1v) is 5.14. The normalized spacial score (nSPS) is 11.7. The van der Waals surface area contributed by atoms with Gasteiger partial charge in [0.1, 0.15) is 5.75 Å². The average molecular weight is 267 g/mol. The van der Waals surface area contributed by atoms with Gasteiger partial charge in [0.25, 0.3) is 0 Å². The number of hydrogen-bond acceptors (Lipinski definition) is 3. The minimum atomic E-state index is -4.49. The number of ether oxygens (including phenoxy) is 2. The summed E-state index contributed by atoms with van der Waals surface area (Å²) in [5.41, 5.74) is 5.15. The topological polar surface area (TPSA) is 44.5 Å². The number of halogens is 4. The fraction of sp³-hybridized carbons (Fsp3) is 0.455. The Morgan fingerprint density at radius 3 is 2.33 bits per heavy atom. The Morgan fingerprint density at radius 2 is 1.83 bits per heavy atom. The predicted molar refractivity (Wildman–Crippen MR) is 58.1 cm³/mol. The number of benzene rings is 1. The summed E-state index contributed by atoms with van der Waals surface area (Å²) in [6.45, 7) is 1.82. The minimum Gasteiger partial charge on any atom is -0.488 e. The molecule has 0 unspecified atom stereocenters. The summed E-state index contributed by atoms with van der Waals surface area (Å²) in [5.74, 6) is -1.21. The van der Waals surface area contributed by atoms with E-state index >= 15 is 0 Å². The number of nitrogens with two attached hydrogens (primary N) is 1. The molecule has 0 aliphatic heterocycles. The van der Waals surface area contributed by atoms with Gasteiger partial charge in [0.15, 0.2) is 18.2 Å². The van der Waals surface area contributed by atoms with Crippen molar-refractivity contribution >= 4 is 5.69 Å². The highest BCUT2D eigenvalue weighted by molar-refractivity contribution is 5.56. The molecule has 0 bridgehead atoms. The Labute approximate surface area is 101 Å². The lowest BCUT2D eigenvalue weighted by molar-refractivity contribution is -0.153. The number of anilines is 1. The maximum absolute atomic E-state index is 13.4. The van der Waals surface area contributed by atoms with Crippen LogP contribution in [0.15, 0.2) is 12.1 Å². The van der Waals surface area contributed by atoms with Gasteiger partial charge in [-0.1, -0.05) is 0 Å². The van der Waals surface area contributed by atoms with E-state index in [1.807, 2.05) is 0 Å². The third-order valence-electron chi connectivity index (χ3n) is 1.82. The van der Waals surface area contributed by atoms with Crippen molar-refractivity contribution in [2.75, 3.05) is 12.3 Å². The van der Waals surface area contributed by atoms with Crippen molar-refractivity contribution in [1.29, 1.82) is 0 Å². The summed E-state index contributed by atoms with van der Waals surface area (Å²) < 4.78 is 58.9. The van der Waals surface area contributed by atoms with Gasteiger partial charge in [-0.05, 0) is 13.8 Å². The lowest BCUT2D eigenvalue weighted by atomic mass is 10.2. The van der Waals surface area contributed by atoms with Crippen LogP contribution in [-0.4, -0.2) is 18.9 Å². The van der Waals surface area contributed by atoms with Gasteiger partial charge < -0.3 is 15.2 Å². The quantitative estimate of drug-likeness (QED) is 0.673. The highest BCUT2D eigenvalue weighted by Crippen LogP contribution is 2.31. The molecule has 7 heteroatoms. The number of nitrogen functional groups attached to an aromatic ring is 1. The predicted octanol–water partition coefficient (Wildman–Crippen LogP) is 3.14. The van der Waals surface area contributed by atoms with E-state index in [1.54, 1.807) is 13.8 Å². The lowest BCUT2D eigenvalue weighted by Crippen LogP contribution is -2.20. The molecule has 0 aliphatic rings. The Hall–Kier alpha value is -1.66. The van der Waals surface area contributed by atoms with Gasteiger partial charge in [-0.25, -0.2) is 4.39 Å².